The first kappa shape index (κ1) is 18.1. The number of halogens is 1. The maximum Gasteiger partial charge on any atom is 0.255 e. The van der Waals surface area contributed by atoms with Crippen molar-refractivity contribution in [2.45, 2.75) is 13.3 Å². The summed E-state index contributed by atoms with van der Waals surface area (Å²) in [4.78, 5) is 16.7. The number of nitrogens with zero attached hydrogens (tertiary/aromatic N) is 1. The van der Waals surface area contributed by atoms with Gasteiger partial charge in [-0.05, 0) is 37.1 Å². The third kappa shape index (κ3) is 4.26. The molecule has 4 nitrogen and oxygen atoms in total. The number of nitrogens with one attached hydrogen (secondary N) is 1. The van der Waals surface area contributed by atoms with Gasteiger partial charge in [0.2, 0.25) is 0 Å². The first-order chi connectivity index (χ1) is 12.6. The molecule has 3 aromatic rings. The van der Waals surface area contributed by atoms with Gasteiger partial charge in [-0.2, -0.15) is 0 Å². The molecule has 0 radical (unpaired) electrons. The van der Waals surface area contributed by atoms with Gasteiger partial charge in [0.1, 0.15) is 11.6 Å². The van der Waals surface area contributed by atoms with Crippen molar-refractivity contribution in [2.24, 2.45) is 0 Å². The molecule has 0 fully saturated rings. The molecule has 1 amide bonds. The average Bonchev–Trinajstić information content (AvgIpc) is 3.08. The third-order valence-corrected chi connectivity index (χ3v) is 4.75. The standard InChI is InChI=1S/C20H19FN2O2S/c1-13-23-18(12-26-13)15-5-3-14(4-6-15)9-10-22-20(24)17-11-16(21)7-8-19(17)25-2/h3-8,11-12H,9-10H2,1-2H3,(H,22,24). The molecule has 0 atom stereocenters. The fourth-order valence-electron chi connectivity index (χ4n) is 2.61. The summed E-state index contributed by atoms with van der Waals surface area (Å²) in [5.41, 5.74) is 3.35. The molecule has 1 heterocycles. The van der Waals surface area contributed by atoms with Gasteiger partial charge in [0, 0.05) is 17.5 Å². The first-order valence-electron chi connectivity index (χ1n) is 8.20. The third-order valence-electron chi connectivity index (χ3n) is 3.97. The topological polar surface area (TPSA) is 51.2 Å². The van der Waals surface area contributed by atoms with Crippen LogP contribution in [0, 0.1) is 12.7 Å². The zero-order chi connectivity index (χ0) is 18.5. The first-order valence-corrected chi connectivity index (χ1v) is 9.08. The van der Waals surface area contributed by atoms with E-state index in [1.54, 1.807) is 11.3 Å². The maximum absolute atomic E-state index is 13.4. The number of aromatic nitrogens is 1. The summed E-state index contributed by atoms with van der Waals surface area (Å²) in [6.45, 7) is 2.44. The second-order valence-corrected chi connectivity index (χ2v) is 6.86. The Labute approximate surface area is 155 Å². The summed E-state index contributed by atoms with van der Waals surface area (Å²) in [5.74, 6) is -0.466. The molecule has 26 heavy (non-hydrogen) atoms. The zero-order valence-corrected chi connectivity index (χ0v) is 15.4. The lowest BCUT2D eigenvalue weighted by Gasteiger charge is -2.09. The molecule has 0 aliphatic rings. The number of carbonyl (C=O) groups excluding carboxylic acids is 1. The van der Waals surface area contributed by atoms with Crippen LogP contribution >= 0.6 is 11.3 Å². The summed E-state index contributed by atoms with van der Waals surface area (Å²) in [6, 6.07) is 12.0. The molecule has 134 valence electrons. The Morgan fingerprint density at radius 1 is 1.23 bits per heavy atom. The van der Waals surface area contributed by atoms with Crippen LogP contribution in [-0.4, -0.2) is 24.5 Å². The number of aryl methyl sites for hydroxylation is 1. The van der Waals surface area contributed by atoms with E-state index in [1.165, 1.54) is 25.3 Å². The molecule has 0 saturated heterocycles. The average molecular weight is 370 g/mol. The number of thiazole rings is 1. The number of carbonyl (C=O) groups is 1. The summed E-state index contributed by atoms with van der Waals surface area (Å²) in [5, 5.41) is 5.88. The molecule has 1 N–H and O–H groups in total. The van der Waals surface area contributed by atoms with Gasteiger partial charge in [0.15, 0.2) is 0 Å². The fraction of sp³-hybridized carbons (Fsp3) is 0.200. The van der Waals surface area contributed by atoms with Gasteiger partial charge in [-0.15, -0.1) is 11.3 Å². The molecule has 0 aliphatic heterocycles. The predicted molar refractivity (Wildman–Crippen MR) is 101 cm³/mol. The number of rotatable bonds is 6. The van der Waals surface area contributed by atoms with Crippen molar-refractivity contribution in [2.75, 3.05) is 13.7 Å². The monoisotopic (exact) mass is 370 g/mol. The van der Waals surface area contributed by atoms with E-state index in [0.29, 0.717) is 18.7 Å². The van der Waals surface area contributed by atoms with Gasteiger partial charge in [-0.1, -0.05) is 24.3 Å². The lowest BCUT2D eigenvalue weighted by atomic mass is 10.1. The quantitative estimate of drug-likeness (QED) is 0.706. The van der Waals surface area contributed by atoms with E-state index < -0.39 is 5.82 Å². The van der Waals surface area contributed by atoms with Crippen molar-refractivity contribution < 1.29 is 13.9 Å². The van der Waals surface area contributed by atoms with Crippen LogP contribution in [0.15, 0.2) is 47.8 Å². The van der Waals surface area contributed by atoms with Gasteiger partial charge in [0.25, 0.3) is 5.91 Å². The van der Waals surface area contributed by atoms with Crippen molar-refractivity contribution in [3.05, 3.63) is 69.8 Å². The number of methoxy groups -OCH3 is 1. The van der Waals surface area contributed by atoms with Crippen molar-refractivity contribution in [1.82, 2.24) is 10.3 Å². The minimum Gasteiger partial charge on any atom is -0.496 e. The molecule has 2 aromatic carbocycles. The van der Waals surface area contributed by atoms with Gasteiger partial charge < -0.3 is 10.1 Å². The Bertz CT molecular complexity index is 906. The lowest BCUT2D eigenvalue weighted by Crippen LogP contribution is -2.26. The zero-order valence-electron chi connectivity index (χ0n) is 14.6. The minimum absolute atomic E-state index is 0.196. The van der Waals surface area contributed by atoms with E-state index >= 15 is 0 Å². The van der Waals surface area contributed by atoms with E-state index in [2.05, 4.69) is 10.3 Å². The fourth-order valence-corrected chi connectivity index (χ4v) is 3.23. The van der Waals surface area contributed by atoms with E-state index in [9.17, 15) is 9.18 Å². The van der Waals surface area contributed by atoms with E-state index in [0.717, 1.165) is 21.8 Å². The van der Waals surface area contributed by atoms with Crippen LogP contribution in [-0.2, 0) is 6.42 Å². The highest BCUT2D eigenvalue weighted by atomic mass is 32.1. The normalized spacial score (nSPS) is 10.6. The van der Waals surface area contributed by atoms with E-state index in [1.807, 2.05) is 36.6 Å². The summed E-state index contributed by atoms with van der Waals surface area (Å²) in [6.07, 6.45) is 0.680. The molecule has 6 heteroatoms. The molecule has 0 aliphatic carbocycles. The van der Waals surface area contributed by atoms with Gasteiger partial charge in [0.05, 0.1) is 23.4 Å². The van der Waals surface area contributed by atoms with Crippen LogP contribution in [0.5, 0.6) is 5.75 Å². The van der Waals surface area contributed by atoms with Crippen LogP contribution in [0.1, 0.15) is 20.9 Å². The molecular weight excluding hydrogens is 351 g/mol. The Hall–Kier alpha value is -2.73. The number of amides is 1. The Kier molecular flexibility index (Phi) is 5.63. The highest BCUT2D eigenvalue weighted by Gasteiger charge is 2.13. The molecule has 0 unspecified atom stereocenters. The molecule has 3 rings (SSSR count). The number of hydrogen-bond donors (Lipinski definition) is 1. The molecular formula is C20H19FN2O2S. The summed E-state index contributed by atoms with van der Waals surface area (Å²) >= 11 is 1.63. The van der Waals surface area contributed by atoms with Crippen LogP contribution < -0.4 is 10.1 Å². The minimum atomic E-state index is -0.469. The van der Waals surface area contributed by atoms with Crippen LogP contribution in [0.3, 0.4) is 0 Å². The SMILES string of the molecule is COc1ccc(F)cc1C(=O)NCCc1ccc(-c2csc(C)n2)cc1. The number of ether oxygens (including phenoxy) is 1. The Morgan fingerprint density at radius 2 is 2.00 bits per heavy atom. The van der Waals surface area contributed by atoms with Crippen molar-refractivity contribution in [1.29, 1.82) is 0 Å². The van der Waals surface area contributed by atoms with Crippen molar-refractivity contribution in [3.8, 4) is 17.0 Å². The maximum atomic E-state index is 13.4. The molecule has 0 saturated carbocycles. The predicted octanol–water partition coefficient (Wildman–Crippen LogP) is 4.24. The molecule has 1 aromatic heterocycles. The number of benzene rings is 2. The van der Waals surface area contributed by atoms with Crippen LogP contribution in [0.25, 0.3) is 11.3 Å². The lowest BCUT2D eigenvalue weighted by molar-refractivity contribution is 0.0950. The van der Waals surface area contributed by atoms with Gasteiger partial charge in [-0.3, -0.25) is 4.79 Å². The van der Waals surface area contributed by atoms with Crippen LogP contribution in [0.4, 0.5) is 4.39 Å². The van der Waals surface area contributed by atoms with E-state index in [-0.39, 0.29) is 11.5 Å². The Morgan fingerprint density at radius 3 is 2.65 bits per heavy atom. The van der Waals surface area contributed by atoms with E-state index in [4.69, 9.17) is 4.74 Å². The van der Waals surface area contributed by atoms with Crippen LogP contribution in [0.2, 0.25) is 0 Å². The van der Waals surface area contributed by atoms with Gasteiger partial charge >= 0.3 is 0 Å². The van der Waals surface area contributed by atoms with Crippen molar-refractivity contribution >= 4 is 17.2 Å². The molecule has 0 spiro atoms. The van der Waals surface area contributed by atoms with Crippen molar-refractivity contribution in [3.63, 3.8) is 0 Å². The van der Waals surface area contributed by atoms with Gasteiger partial charge in [-0.25, -0.2) is 9.37 Å². The second-order valence-electron chi connectivity index (χ2n) is 5.80. The summed E-state index contributed by atoms with van der Waals surface area (Å²) < 4.78 is 18.5. The smallest absolute Gasteiger partial charge is 0.255 e. The second kappa shape index (κ2) is 8.10. The largest absolute Gasteiger partial charge is 0.496 e. The molecule has 0 bridgehead atoms. The summed E-state index contributed by atoms with van der Waals surface area (Å²) in [7, 11) is 1.45. The highest BCUT2D eigenvalue weighted by Crippen LogP contribution is 2.22. The Balaban J connectivity index is 1.58. The highest BCUT2D eigenvalue weighted by molar-refractivity contribution is 7.09. The number of hydrogen-bond acceptors (Lipinski definition) is 4.